The normalized spacial score (nSPS) is 15.1. The van der Waals surface area contributed by atoms with Gasteiger partial charge in [0.1, 0.15) is 10.7 Å². The highest BCUT2D eigenvalue weighted by molar-refractivity contribution is 7.18. The van der Waals surface area contributed by atoms with E-state index in [1.165, 1.54) is 0 Å². The number of aromatic nitrogens is 3. The highest BCUT2D eigenvalue weighted by atomic mass is 32.1. The van der Waals surface area contributed by atoms with Gasteiger partial charge in [-0.05, 0) is 63.4 Å². The van der Waals surface area contributed by atoms with E-state index in [4.69, 9.17) is 4.98 Å². The van der Waals surface area contributed by atoms with Crippen LogP contribution in [0.4, 0.5) is 0 Å². The van der Waals surface area contributed by atoms with Crippen LogP contribution in [0.15, 0.2) is 41.3 Å². The van der Waals surface area contributed by atoms with Crippen molar-refractivity contribution in [3.05, 3.63) is 68.7 Å². The molecule has 4 heterocycles. The quantitative estimate of drug-likeness (QED) is 0.471. The Bertz CT molecular complexity index is 1380. The maximum atomic E-state index is 13.3. The van der Waals surface area contributed by atoms with Crippen LogP contribution in [0.1, 0.15) is 45.5 Å². The molecule has 0 aliphatic carbocycles. The fourth-order valence-electron chi connectivity index (χ4n) is 4.56. The van der Waals surface area contributed by atoms with Crippen LogP contribution in [0, 0.1) is 20.8 Å². The van der Waals surface area contributed by atoms with Crippen molar-refractivity contribution < 1.29 is 4.79 Å². The summed E-state index contributed by atoms with van der Waals surface area (Å²) in [7, 11) is 0. The molecule has 0 unspecified atom stereocenters. The zero-order valence-electron chi connectivity index (χ0n) is 17.9. The topological polar surface area (TPSA) is 68.1 Å². The first-order valence-corrected chi connectivity index (χ1v) is 11.4. The first-order chi connectivity index (χ1) is 14.9. The lowest BCUT2D eigenvalue weighted by molar-refractivity contribution is 0.0692. The predicted octanol–water partition coefficient (Wildman–Crippen LogP) is 4.41. The van der Waals surface area contributed by atoms with Gasteiger partial charge < -0.3 is 4.90 Å². The fourth-order valence-corrected chi connectivity index (χ4v) is 5.62. The first kappa shape index (κ1) is 19.9. The molecule has 0 bridgehead atoms. The molecule has 0 N–H and O–H groups in total. The van der Waals surface area contributed by atoms with E-state index in [2.05, 4.69) is 4.98 Å². The Morgan fingerprint density at radius 1 is 1.13 bits per heavy atom. The van der Waals surface area contributed by atoms with E-state index in [0.29, 0.717) is 18.7 Å². The number of likely N-dealkylation sites (tertiary alicyclic amines) is 1. The smallest absolute Gasteiger partial charge is 0.262 e. The summed E-state index contributed by atoms with van der Waals surface area (Å²) in [5, 5.41) is 1.71. The number of piperidine rings is 1. The molecule has 3 aromatic heterocycles. The summed E-state index contributed by atoms with van der Waals surface area (Å²) in [6.45, 7) is 7.19. The number of carbonyl (C=O) groups is 1. The van der Waals surface area contributed by atoms with Crippen molar-refractivity contribution in [2.75, 3.05) is 13.1 Å². The third kappa shape index (κ3) is 3.33. The molecule has 1 fully saturated rings. The summed E-state index contributed by atoms with van der Waals surface area (Å²) in [5.41, 5.74) is 2.65. The Balaban J connectivity index is 1.38. The molecule has 6 nitrogen and oxygen atoms in total. The van der Waals surface area contributed by atoms with Crippen molar-refractivity contribution in [3.63, 3.8) is 0 Å². The Kier molecular flexibility index (Phi) is 4.85. The lowest BCUT2D eigenvalue weighted by Gasteiger charge is -2.33. The Labute approximate surface area is 184 Å². The molecule has 1 aliphatic heterocycles. The van der Waals surface area contributed by atoms with E-state index >= 15 is 0 Å². The second-order valence-corrected chi connectivity index (χ2v) is 9.44. The average molecular weight is 433 g/mol. The summed E-state index contributed by atoms with van der Waals surface area (Å²) < 4.78 is 1.85. The van der Waals surface area contributed by atoms with Crippen LogP contribution in [-0.2, 0) is 0 Å². The van der Waals surface area contributed by atoms with Crippen LogP contribution >= 0.6 is 11.3 Å². The molecule has 0 spiro atoms. The number of hydrogen-bond donors (Lipinski definition) is 0. The van der Waals surface area contributed by atoms with Gasteiger partial charge in [-0.25, -0.2) is 4.98 Å². The van der Waals surface area contributed by atoms with Gasteiger partial charge in [-0.1, -0.05) is 6.07 Å². The van der Waals surface area contributed by atoms with Gasteiger partial charge in [0.25, 0.3) is 11.5 Å². The molecule has 1 amide bonds. The molecule has 5 rings (SSSR count). The van der Waals surface area contributed by atoms with Crippen molar-refractivity contribution >= 4 is 38.4 Å². The minimum atomic E-state index is 0.0335. The summed E-state index contributed by atoms with van der Waals surface area (Å²) >= 11 is 1.58. The van der Waals surface area contributed by atoms with Crippen LogP contribution in [0.2, 0.25) is 0 Å². The van der Waals surface area contributed by atoms with Crippen LogP contribution in [0.3, 0.4) is 0 Å². The zero-order chi connectivity index (χ0) is 21.7. The molecule has 1 aromatic carbocycles. The maximum Gasteiger partial charge on any atom is 0.262 e. The monoisotopic (exact) mass is 432 g/mol. The van der Waals surface area contributed by atoms with Crippen molar-refractivity contribution in [1.82, 2.24) is 19.4 Å². The minimum Gasteiger partial charge on any atom is -0.338 e. The molecule has 7 heteroatoms. The third-order valence-corrected chi connectivity index (χ3v) is 7.48. The largest absolute Gasteiger partial charge is 0.338 e. The first-order valence-electron chi connectivity index (χ1n) is 10.6. The second-order valence-electron chi connectivity index (χ2n) is 8.23. The van der Waals surface area contributed by atoms with E-state index in [1.807, 2.05) is 60.6 Å². The second kappa shape index (κ2) is 7.57. The molecule has 1 aliphatic rings. The Morgan fingerprint density at radius 2 is 1.90 bits per heavy atom. The summed E-state index contributed by atoms with van der Waals surface area (Å²) in [6, 6.07) is 9.56. The van der Waals surface area contributed by atoms with Crippen LogP contribution in [0.25, 0.3) is 21.1 Å². The SMILES string of the molecule is Cc1sc2nc(C)n(C3CCN(C(=O)c4ccc5ncccc5c4)CC3)c(=O)c2c1C. The van der Waals surface area contributed by atoms with E-state index in [1.54, 1.807) is 17.5 Å². The number of thiophene rings is 1. The van der Waals surface area contributed by atoms with Crippen LogP contribution in [-0.4, -0.2) is 38.4 Å². The molecular formula is C24H24N4O2S. The van der Waals surface area contributed by atoms with Crippen molar-refractivity contribution in [2.24, 2.45) is 0 Å². The number of aryl methyl sites for hydroxylation is 3. The number of pyridine rings is 1. The number of rotatable bonds is 2. The van der Waals surface area contributed by atoms with Crippen molar-refractivity contribution in [1.29, 1.82) is 0 Å². The maximum absolute atomic E-state index is 13.3. The lowest BCUT2D eigenvalue weighted by Crippen LogP contribution is -2.41. The Morgan fingerprint density at radius 3 is 2.68 bits per heavy atom. The van der Waals surface area contributed by atoms with Gasteiger partial charge in [0.2, 0.25) is 0 Å². The molecule has 0 radical (unpaired) electrons. The molecule has 1 saturated heterocycles. The van der Waals surface area contributed by atoms with E-state index in [0.717, 1.165) is 50.2 Å². The lowest BCUT2D eigenvalue weighted by atomic mass is 10.0. The number of nitrogens with zero attached hydrogens (tertiary/aromatic N) is 4. The van der Waals surface area contributed by atoms with E-state index in [9.17, 15) is 9.59 Å². The van der Waals surface area contributed by atoms with Gasteiger partial charge in [0.15, 0.2) is 0 Å². The molecule has 0 saturated carbocycles. The van der Waals surface area contributed by atoms with Crippen molar-refractivity contribution in [2.45, 2.75) is 39.7 Å². The third-order valence-electron chi connectivity index (χ3n) is 6.38. The number of fused-ring (bicyclic) bond motifs is 2. The summed E-state index contributed by atoms with van der Waals surface area (Å²) in [6.07, 6.45) is 3.25. The van der Waals surface area contributed by atoms with E-state index < -0.39 is 0 Å². The minimum absolute atomic E-state index is 0.0335. The van der Waals surface area contributed by atoms with Crippen LogP contribution < -0.4 is 5.56 Å². The van der Waals surface area contributed by atoms with Gasteiger partial charge in [-0.3, -0.25) is 19.1 Å². The van der Waals surface area contributed by atoms with Gasteiger partial charge in [-0.15, -0.1) is 11.3 Å². The summed E-state index contributed by atoms with van der Waals surface area (Å²) in [4.78, 5) is 39.3. The standard InChI is InChI=1S/C24H24N4O2S/c1-14-15(2)31-22-21(14)24(30)28(16(3)26-22)19-8-11-27(12-9-19)23(29)18-6-7-20-17(13-18)5-4-10-25-20/h4-7,10,13,19H,8-9,11-12H2,1-3H3. The number of hydrogen-bond acceptors (Lipinski definition) is 5. The molecule has 4 aromatic rings. The summed E-state index contributed by atoms with van der Waals surface area (Å²) in [5.74, 6) is 0.789. The highest BCUT2D eigenvalue weighted by Gasteiger charge is 2.27. The number of carbonyl (C=O) groups excluding carboxylic acids is 1. The highest BCUT2D eigenvalue weighted by Crippen LogP contribution is 2.29. The fraction of sp³-hybridized carbons (Fsp3) is 0.333. The average Bonchev–Trinajstić information content (AvgIpc) is 3.06. The van der Waals surface area contributed by atoms with Gasteiger partial charge in [-0.2, -0.15) is 0 Å². The predicted molar refractivity (Wildman–Crippen MR) is 124 cm³/mol. The molecule has 31 heavy (non-hydrogen) atoms. The zero-order valence-corrected chi connectivity index (χ0v) is 18.7. The van der Waals surface area contributed by atoms with Gasteiger partial charge >= 0.3 is 0 Å². The van der Waals surface area contributed by atoms with E-state index in [-0.39, 0.29) is 17.5 Å². The van der Waals surface area contributed by atoms with Gasteiger partial charge in [0, 0.05) is 41.2 Å². The molecule has 158 valence electrons. The number of amides is 1. The van der Waals surface area contributed by atoms with Crippen LogP contribution in [0.5, 0.6) is 0 Å². The van der Waals surface area contributed by atoms with Gasteiger partial charge in [0.05, 0.1) is 10.9 Å². The number of benzene rings is 1. The van der Waals surface area contributed by atoms with Crippen molar-refractivity contribution in [3.8, 4) is 0 Å². The molecular weight excluding hydrogens is 408 g/mol. The Hall–Kier alpha value is -3.06. The molecule has 0 atom stereocenters.